The average molecular weight is 196 g/mol. The minimum absolute atomic E-state index is 0.142. The summed E-state index contributed by atoms with van der Waals surface area (Å²) in [5, 5.41) is 0. The molecule has 6 nitrogen and oxygen atoms in total. The second-order valence-corrected chi connectivity index (χ2v) is 3.00. The van der Waals surface area contributed by atoms with Crippen molar-refractivity contribution in [1.82, 2.24) is 9.55 Å². The lowest BCUT2D eigenvalue weighted by Crippen LogP contribution is -2.38. The van der Waals surface area contributed by atoms with Gasteiger partial charge in [-0.05, 0) is 0 Å². The standard InChI is InChI=1S/C8H12N4O2/c1-5(13)12-3-6(11-4-12)2-7(9)8(10)14/h3-4,7H,2,9H2,1H3,(H2,10,14)/t7-/m0/s1. The summed E-state index contributed by atoms with van der Waals surface area (Å²) in [6.07, 6.45) is 3.16. The predicted molar refractivity (Wildman–Crippen MR) is 49.4 cm³/mol. The molecule has 1 aromatic rings. The summed E-state index contributed by atoms with van der Waals surface area (Å²) in [7, 11) is 0. The van der Waals surface area contributed by atoms with E-state index in [4.69, 9.17) is 11.5 Å². The van der Waals surface area contributed by atoms with Gasteiger partial charge in [-0.1, -0.05) is 0 Å². The first-order valence-corrected chi connectivity index (χ1v) is 4.09. The van der Waals surface area contributed by atoms with Gasteiger partial charge >= 0.3 is 0 Å². The van der Waals surface area contributed by atoms with E-state index in [9.17, 15) is 9.59 Å². The fraction of sp³-hybridized carbons (Fsp3) is 0.375. The molecule has 0 unspecified atom stereocenters. The van der Waals surface area contributed by atoms with E-state index in [1.807, 2.05) is 0 Å². The first-order valence-electron chi connectivity index (χ1n) is 4.09. The Balaban J connectivity index is 2.69. The van der Waals surface area contributed by atoms with Gasteiger partial charge in [0.1, 0.15) is 6.33 Å². The molecule has 76 valence electrons. The van der Waals surface area contributed by atoms with Gasteiger partial charge in [0.15, 0.2) is 0 Å². The van der Waals surface area contributed by atoms with E-state index in [0.29, 0.717) is 5.69 Å². The number of nitrogens with two attached hydrogens (primary N) is 2. The second-order valence-electron chi connectivity index (χ2n) is 3.00. The highest BCUT2D eigenvalue weighted by atomic mass is 16.2. The van der Waals surface area contributed by atoms with Crippen molar-refractivity contribution in [2.75, 3.05) is 0 Å². The first kappa shape index (κ1) is 10.4. The summed E-state index contributed by atoms with van der Waals surface area (Å²) in [5.41, 5.74) is 11.0. The van der Waals surface area contributed by atoms with Gasteiger partial charge in [-0.3, -0.25) is 14.2 Å². The lowest BCUT2D eigenvalue weighted by atomic mass is 10.2. The molecule has 4 N–H and O–H groups in total. The van der Waals surface area contributed by atoms with Crippen molar-refractivity contribution in [1.29, 1.82) is 0 Å². The number of carbonyl (C=O) groups excluding carboxylic acids is 2. The summed E-state index contributed by atoms with van der Waals surface area (Å²) >= 11 is 0. The molecular weight excluding hydrogens is 184 g/mol. The maximum atomic E-state index is 10.9. The quantitative estimate of drug-likeness (QED) is 0.640. The van der Waals surface area contributed by atoms with Gasteiger partial charge in [0, 0.05) is 19.5 Å². The SMILES string of the molecule is CC(=O)n1cnc(C[C@H](N)C(N)=O)c1. The van der Waals surface area contributed by atoms with Crippen LogP contribution in [-0.4, -0.2) is 27.4 Å². The second kappa shape index (κ2) is 4.01. The summed E-state index contributed by atoms with van der Waals surface area (Å²) < 4.78 is 1.32. The molecule has 1 heterocycles. The van der Waals surface area contributed by atoms with Crippen LogP contribution < -0.4 is 11.5 Å². The molecule has 0 saturated heterocycles. The van der Waals surface area contributed by atoms with E-state index >= 15 is 0 Å². The van der Waals surface area contributed by atoms with E-state index in [0.717, 1.165) is 0 Å². The van der Waals surface area contributed by atoms with Gasteiger partial charge in [-0.25, -0.2) is 4.98 Å². The molecule has 0 bridgehead atoms. The Morgan fingerprint density at radius 2 is 2.29 bits per heavy atom. The first-order chi connectivity index (χ1) is 6.50. The molecule has 0 aromatic carbocycles. The number of hydrogen-bond donors (Lipinski definition) is 2. The number of rotatable bonds is 3. The molecule has 1 atom stereocenters. The zero-order valence-corrected chi connectivity index (χ0v) is 7.80. The third-order valence-electron chi connectivity index (χ3n) is 1.79. The number of nitrogens with zero attached hydrogens (tertiary/aromatic N) is 2. The van der Waals surface area contributed by atoms with Crippen LogP contribution >= 0.6 is 0 Å². The van der Waals surface area contributed by atoms with Gasteiger partial charge < -0.3 is 11.5 Å². The van der Waals surface area contributed by atoms with E-state index in [1.165, 1.54) is 24.0 Å². The molecule has 14 heavy (non-hydrogen) atoms. The van der Waals surface area contributed by atoms with Crippen molar-refractivity contribution in [3.63, 3.8) is 0 Å². The van der Waals surface area contributed by atoms with Crippen molar-refractivity contribution in [3.05, 3.63) is 18.2 Å². The number of hydrogen-bond acceptors (Lipinski definition) is 4. The highest BCUT2D eigenvalue weighted by Crippen LogP contribution is 1.99. The molecule has 1 rings (SSSR count). The van der Waals surface area contributed by atoms with Crippen LogP contribution in [0, 0.1) is 0 Å². The van der Waals surface area contributed by atoms with Gasteiger partial charge in [-0.15, -0.1) is 0 Å². The van der Waals surface area contributed by atoms with E-state index in [-0.39, 0.29) is 12.3 Å². The highest BCUT2D eigenvalue weighted by Gasteiger charge is 2.12. The van der Waals surface area contributed by atoms with E-state index < -0.39 is 11.9 Å². The fourth-order valence-electron chi connectivity index (χ4n) is 0.967. The monoisotopic (exact) mass is 196 g/mol. The van der Waals surface area contributed by atoms with Crippen molar-refractivity contribution in [2.24, 2.45) is 11.5 Å². The highest BCUT2D eigenvalue weighted by molar-refractivity contribution is 5.80. The Morgan fingerprint density at radius 3 is 2.71 bits per heavy atom. The van der Waals surface area contributed by atoms with Crippen LogP contribution in [0.3, 0.4) is 0 Å². The van der Waals surface area contributed by atoms with Gasteiger partial charge in [-0.2, -0.15) is 0 Å². The van der Waals surface area contributed by atoms with Crippen LogP contribution in [0.25, 0.3) is 0 Å². The number of carbonyl (C=O) groups is 2. The van der Waals surface area contributed by atoms with Crippen molar-refractivity contribution in [3.8, 4) is 0 Å². The molecule has 0 saturated carbocycles. The summed E-state index contributed by atoms with van der Waals surface area (Å²) in [6.45, 7) is 1.42. The Labute approximate surface area is 80.9 Å². The van der Waals surface area contributed by atoms with Crippen LogP contribution in [0.1, 0.15) is 17.4 Å². The normalized spacial score (nSPS) is 12.4. The van der Waals surface area contributed by atoms with Crippen LogP contribution in [0.4, 0.5) is 0 Å². The number of imidazole rings is 1. The molecule has 6 heteroatoms. The lowest BCUT2D eigenvalue weighted by Gasteiger charge is -2.03. The molecule has 1 amide bonds. The van der Waals surface area contributed by atoms with Crippen LogP contribution in [-0.2, 0) is 11.2 Å². The third-order valence-corrected chi connectivity index (χ3v) is 1.79. The minimum atomic E-state index is -0.759. The van der Waals surface area contributed by atoms with Crippen LogP contribution in [0.15, 0.2) is 12.5 Å². The van der Waals surface area contributed by atoms with E-state index in [1.54, 1.807) is 0 Å². The predicted octanol–water partition coefficient (Wildman–Crippen LogP) is -1.10. The fourth-order valence-corrected chi connectivity index (χ4v) is 0.967. The number of primary amides is 1. The lowest BCUT2D eigenvalue weighted by molar-refractivity contribution is -0.119. The Bertz CT molecular complexity index is 358. The summed E-state index contributed by atoms with van der Waals surface area (Å²) in [5.74, 6) is -0.723. The van der Waals surface area contributed by atoms with Gasteiger partial charge in [0.05, 0.1) is 11.7 Å². The molecule has 0 spiro atoms. The Morgan fingerprint density at radius 1 is 1.64 bits per heavy atom. The third kappa shape index (κ3) is 2.40. The van der Waals surface area contributed by atoms with Crippen LogP contribution in [0.2, 0.25) is 0 Å². The molecule has 0 aliphatic carbocycles. The summed E-state index contributed by atoms with van der Waals surface area (Å²) in [6, 6.07) is -0.759. The molecular formula is C8H12N4O2. The van der Waals surface area contributed by atoms with Crippen molar-refractivity contribution in [2.45, 2.75) is 19.4 Å². The van der Waals surface area contributed by atoms with Crippen molar-refractivity contribution < 1.29 is 9.59 Å². The van der Waals surface area contributed by atoms with E-state index in [2.05, 4.69) is 4.98 Å². The molecule has 0 aliphatic rings. The molecule has 0 fully saturated rings. The maximum Gasteiger partial charge on any atom is 0.234 e. The largest absolute Gasteiger partial charge is 0.368 e. The summed E-state index contributed by atoms with van der Waals surface area (Å²) in [4.78, 5) is 25.4. The minimum Gasteiger partial charge on any atom is -0.368 e. The average Bonchev–Trinajstić information content (AvgIpc) is 2.52. The molecule has 0 aliphatic heterocycles. The smallest absolute Gasteiger partial charge is 0.234 e. The van der Waals surface area contributed by atoms with Gasteiger partial charge in [0.2, 0.25) is 11.8 Å². The molecule has 0 radical (unpaired) electrons. The number of aromatic nitrogens is 2. The number of amides is 1. The zero-order chi connectivity index (χ0) is 10.7. The van der Waals surface area contributed by atoms with Crippen LogP contribution in [0.5, 0.6) is 0 Å². The Hall–Kier alpha value is -1.69. The maximum absolute atomic E-state index is 10.9. The zero-order valence-electron chi connectivity index (χ0n) is 7.80. The molecule has 1 aromatic heterocycles. The Kier molecular flexibility index (Phi) is 2.98. The topological polar surface area (TPSA) is 104 Å². The van der Waals surface area contributed by atoms with Gasteiger partial charge in [0.25, 0.3) is 0 Å². The van der Waals surface area contributed by atoms with Crippen molar-refractivity contribution >= 4 is 11.8 Å².